The first-order valence-electron chi connectivity index (χ1n) is 6.96. The number of aromatic nitrogens is 4. The number of anilines is 1. The Kier molecular flexibility index (Phi) is 4.32. The van der Waals surface area contributed by atoms with E-state index >= 15 is 0 Å². The highest BCUT2D eigenvalue weighted by molar-refractivity contribution is 5.53. The maximum Gasteiger partial charge on any atom is 0.182 e. The minimum atomic E-state index is 0.453. The summed E-state index contributed by atoms with van der Waals surface area (Å²) in [7, 11) is 1.66. The zero-order chi connectivity index (χ0) is 14.5. The Hall–Kier alpha value is -2.12. The first-order chi connectivity index (χ1) is 10.4. The molecule has 0 amide bonds. The van der Waals surface area contributed by atoms with E-state index in [1.165, 1.54) is 0 Å². The lowest BCUT2D eigenvalue weighted by Crippen LogP contribution is -2.44. The Labute approximate surface area is 123 Å². The van der Waals surface area contributed by atoms with Crippen LogP contribution in [0, 0.1) is 0 Å². The molecule has 7 nitrogen and oxygen atoms in total. The lowest BCUT2D eigenvalue weighted by atomic mass is 10.3. The van der Waals surface area contributed by atoms with Crippen molar-refractivity contribution >= 4 is 5.82 Å². The summed E-state index contributed by atoms with van der Waals surface area (Å²) in [6.45, 7) is 4.25. The number of nitrogens with zero attached hydrogens (tertiary/aromatic N) is 5. The monoisotopic (exact) mass is 286 g/mol. The van der Waals surface area contributed by atoms with Crippen LogP contribution < -0.4 is 10.2 Å². The van der Waals surface area contributed by atoms with Crippen molar-refractivity contribution in [3.63, 3.8) is 0 Å². The lowest BCUT2D eigenvalue weighted by molar-refractivity contribution is 0.181. The fourth-order valence-electron chi connectivity index (χ4n) is 2.29. The van der Waals surface area contributed by atoms with Crippen molar-refractivity contribution < 1.29 is 4.74 Å². The minimum Gasteiger partial charge on any atom is -0.378 e. The second-order valence-electron chi connectivity index (χ2n) is 4.80. The van der Waals surface area contributed by atoms with E-state index in [-0.39, 0.29) is 0 Å². The summed E-state index contributed by atoms with van der Waals surface area (Å²) in [6, 6.07) is 1.98. The maximum absolute atomic E-state index is 5.20. The van der Waals surface area contributed by atoms with Crippen LogP contribution in [0.3, 0.4) is 0 Å². The van der Waals surface area contributed by atoms with Gasteiger partial charge in [0.2, 0.25) is 0 Å². The Morgan fingerprint density at radius 1 is 1.24 bits per heavy atom. The predicted molar refractivity (Wildman–Crippen MR) is 78.9 cm³/mol. The smallest absolute Gasteiger partial charge is 0.182 e. The highest BCUT2D eigenvalue weighted by Gasteiger charge is 2.15. The Morgan fingerprint density at radius 3 is 2.81 bits per heavy atom. The van der Waals surface area contributed by atoms with Crippen LogP contribution in [0.25, 0.3) is 11.5 Å². The summed E-state index contributed by atoms with van der Waals surface area (Å²) in [6.07, 6.45) is 4.96. The average Bonchev–Trinajstić information content (AvgIpc) is 2.56. The second kappa shape index (κ2) is 6.55. The molecular weight excluding hydrogens is 268 g/mol. The van der Waals surface area contributed by atoms with Crippen molar-refractivity contribution in [3.8, 4) is 11.5 Å². The summed E-state index contributed by atoms with van der Waals surface area (Å²) in [5, 5.41) is 3.34. The van der Waals surface area contributed by atoms with Crippen LogP contribution in [0.15, 0.2) is 24.7 Å². The lowest BCUT2D eigenvalue weighted by Gasteiger charge is -2.28. The largest absolute Gasteiger partial charge is 0.378 e. The molecule has 1 aliphatic rings. The SMILES string of the molecule is COCc1cc(N2CCNCC2)nc(-c2cnccn2)n1. The Bertz CT molecular complexity index is 585. The summed E-state index contributed by atoms with van der Waals surface area (Å²) >= 11 is 0. The quantitative estimate of drug-likeness (QED) is 0.876. The van der Waals surface area contributed by atoms with Gasteiger partial charge in [-0.15, -0.1) is 0 Å². The number of ether oxygens (including phenoxy) is 1. The van der Waals surface area contributed by atoms with Crippen molar-refractivity contribution in [1.29, 1.82) is 0 Å². The molecule has 0 saturated carbocycles. The summed E-state index contributed by atoms with van der Waals surface area (Å²) < 4.78 is 5.20. The molecule has 3 rings (SSSR count). The van der Waals surface area contributed by atoms with Crippen LogP contribution in [0.4, 0.5) is 5.82 Å². The van der Waals surface area contributed by atoms with Gasteiger partial charge in [-0.3, -0.25) is 4.98 Å². The van der Waals surface area contributed by atoms with Crippen LogP contribution in [-0.4, -0.2) is 53.2 Å². The van der Waals surface area contributed by atoms with Crippen molar-refractivity contribution in [3.05, 3.63) is 30.4 Å². The molecule has 0 aliphatic carbocycles. The third-order valence-electron chi connectivity index (χ3n) is 3.29. The van der Waals surface area contributed by atoms with E-state index in [9.17, 15) is 0 Å². The molecule has 1 saturated heterocycles. The molecule has 0 bridgehead atoms. The fourth-order valence-corrected chi connectivity index (χ4v) is 2.29. The molecule has 0 radical (unpaired) electrons. The highest BCUT2D eigenvalue weighted by atomic mass is 16.5. The van der Waals surface area contributed by atoms with Gasteiger partial charge in [0.15, 0.2) is 5.82 Å². The zero-order valence-electron chi connectivity index (χ0n) is 12.0. The molecule has 1 N–H and O–H groups in total. The number of piperazine rings is 1. The Balaban J connectivity index is 1.97. The summed E-state index contributed by atoms with van der Waals surface area (Å²) in [4.78, 5) is 19.8. The first-order valence-corrected chi connectivity index (χ1v) is 6.96. The van der Waals surface area contributed by atoms with Crippen molar-refractivity contribution in [2.45, 2.75) is 6.61 Å². The first kappa shape index (κ1) is 13.8. The van der Waals surface area contributed by atoms with Crippen LogP contribution >= 0.6 is 0 Å². The molecular formula is C14H18N6O. The molecule has 0 spiro atoms. The van der Waals surface area contributed by atoms with Crippen molar-refractivity contribution in [2.24, 2.45) is 0 Å². The van der Waals surface area contributed by atoms with Gasteiger partial charge in [0.25, 0.3) is 0 Å². The van der Waals surface area contributed by atoms with Crippen LogP contribution in [-0.2, 0) is 11.3 Å². The standard InChI is InChI=1S/C14H18N6O/c1-21-10-11-8-13(20-6-4-15-5-7-20)19-14(18-11)12-9-16-2-3-17-12/h2-3,8-9,15H,4-7,10H2,1H3. The van der Waals surface area contributed by atoms with Gasteiger partial charge < -0.3 is 15.0 Å². The number of rotatable bonds is 4. The van der Waals surface area contributed by atoms with E-state index in [0.717, 1.165) is 37.7 Å². The van der Waals surface area contributed by atoms with Gasteiger partial charge in [0.1, 0.15) is 11.5 Å². The zero-order valence-corrected chi connectivity index (χ0v) is 12.0. The fraction of sp³-hybridized carbons (Fsp3) is 0.429. The molecule has 7 heteroatoms. The van der Waals surface area contributed by atoms with Crippen LogP contribution in [0.2, 0.25) is 0 Å². The highest BCUT2D eigenvalue weighted by Crippen LogP contribution is 2.19. The topological polar surface area (TPSA) is 76.1 Å². The van der Waals surface area contributed by atoms with Crippen LogP contribution in [0.5, 0.6) is 0 Å². The number of hydrogen-bond donors (Lipinski definition) is 1. The number of nitrogens with one attached hydrogen (secondary N) is 1. The normalized spacial score (nSPS) is 15.2. The minimum absolute atomic E-state index is 0.453. The van der Waals surface area contributed by atoms with Gasteiger partial charge in [-0.2, -0.15) is 0 Å². The molecule has 0 aromatic carbocycles. The van der Waals surface area contributed by atoms with Gasteiger partial charge in [-0.1, -0.05) is 0 Å². The maximum atomic E-state index is 5.20. The van der Waals surface area contributed by atoms with Gasteiger partial charge >= 0.3 is 0 Å². The molecule has 2 aromatic heterocycles. The van der Waals surface area contributed by atoms with E-state index in [1.807, 2.05) is 6.07 Å². The molecule has 1 fully saturated rings. The van der Waals surface area contributed by atoms with Gasteiger partial charge in [-0.05, 0) is 0 Å². The molecule has 3 heterocycles. The Morgan fingerprint density at radius 2 is 2.10 bits per heavy atom. The molecule has 2 aromatic rings. The molecule has 0 unspecified atom stereocenters. The number of methoxy groups -OCH3 is 1. The van der Waals surface area contributed by atoms with Crippen molar-refractivity contribution in [2.75, 3.05) is 38.2 Å². The third kappa shape index (κ3) is 3.32. The molecule has 21 heavy (non-hydrogen) atoms. The third-order valence-corrected chi connectivity index (χ3v) is 3.29. The van der Waals surface area contributed by atoms with Gasteiger partial charge in [0.05, 0.1) is 18.5 Å². The molecule has 1 aliphatic heterocycles. The summed E-state index contributed by atoms with van der Waals surface area (Å²) in [5.41, 5.74) is 1.52. The molecule has 110 valence electrons. The van der Waals surface area contributed by atoms with E-state index in [4.69, 9.17) is 4.74 Å². The second-order valence-corrected chi connectivity index (χ2v) is 4.80. The van der Waals surface area contributed by atoms with E-state index < -0.39 is 0 Å². The molecule has 0 atom stereocenters. The van der Waals surface area contributed by atoms with E-state index in [2.05, 4.69) is 30.2 Å². The average molecular weight is 286 g/mol. The van der Waals surface area contributed by atoms with Gasteiger partial charge in [0, 0.05) is 51.7 Å². The summed E-state index contributed by atoms with van der Waals surface area (Å²) in [5.74, 6) is 1.50. The van der Waals surface area contributed by atoms with Crippen LogP contribution in [0.1, 0.15) is 5.69 Å². The number of hydrogen-bond acceptors (Lipinski definition) is 7. The van der Waals surface area contributed by atoms with E-state index in [0.29, 0.717) is 18.1 Å². The van der Waals surface area contributed by atoms with E-state index in [1.54, 1.807) is 25.7 Å². The van der Waals surface area contributed by atoms with Gasteiger partial charge in [-0.25, -0.2) is 15.0 Å². The predicted octanol–water partition coefficient (Wildman–Crippen LogP) is 0.490. The van der Waals surface area contributed by atoms with Crippen molar-refractivity contribution in [1.82, 2.24) is 25.3 Å².